The average molecular weight is 423 g/mol. The highest BCUT2D eigenvalue weighted by molar-refractivity contribution is 5.69. The summed E-state index contributed by atoms with van der Waals surface area (Å²) in [5.74, 6) is 0.505. The summed E-state index contributed by atoms with van der Waals surface area (Å²) in [4.78, 5) is 26.5. The molecule has 2 unspecified atom stereocenters. The molecule has 2 bridgehead atoms. The number of alkyl carbamates (subject to hydrolysis) is 1. The molecule has 2 aromatic carbocycles. The highest BCUT2D eigenvalue weighted by Crippen LogP contribution is 2.40. The number of fused-ring (bicyclic) bond motifs is 2. The summed E-state index contributed by atoms with van der Waals surface area (Å²) >= 11 is 0. The van der Waals surface area contributed by atoms with Crippen LogP contribution in [0.2, 0.25) is 0 Å². The molecule has 1 N–H and O–H groups in total. The maximum atomic E-state index is 12.7. The zero-order chi connectivity index (χ0) is 21.5. The lowest BCUT2D eigenvalue weighted by molar-refractivity contribution is 0.0519. The number of carbonyl (C=O) groups is 2. The largest absolute Gasteiger partial charge is 0.445 e. The molecule has 0 spiro atoms. The van der Waals surface area contributed by atoms with Gasteiger partial charge in [0.25, 0.3) is 0 Å². The molecule has 0 aliphatic carbocycles. The molecule has 164 valence electrons. The second-order valence-electron chi connectivity index (χ2n) is 8.45. The van der Waals surface area contributed by atoms with E-state index in [0.717, 1.165) is 43.2 Å². The van der Waals surface area contributed by atoms with Crippen LogP contribution in [0.25, 0.3) is 0 Å². The zero-order valence-electron chi connectivity index (χ0n) is 17.7. The highest BCUT2D eigenvalue weighted by atomic mass is 16.6. The Labute approximate surface area is 183 Å². The predicted molar refractivity (Wildman–Crippen MR) is 117 cm³/mol. The van der Waals surface area contributed by atoms with E-state index in [9.17, 15) is 9.59 Å². The fourth-order valence-corrected chi connectivity index (χ4v) is 4.77. The van der Waals surface area contributed by atoms with Crippen LogP contribution in [0.5, 0.6) is 0 Å². The maximum Gasteiger partial charge on any atom is 0.410 e. The standard InChI is InChI=1S/C25H30N2O4/c28-24(30-17-19-7-3-1-4-8-19)26-14-13-21-15-22-11-12-23(16-21)27(22)25(29)31-18-20-9-5-2-6-10-20/h1-10,21-23H,11-18H2,(H,26,28). The van der Waals surface area contributed by atoms with E-state index in [1.807, 2.05) is 65.6 Å². The summed E-state index contributed by atoms with van der Waals surface area (Å²) in [6.07, 6.45) is 4.34. The van der Waals surface area contributed by atoms with Crippen LogP contribution in [0.1, 0.15) is 43.2 Å². The number of rotatable bonds is 7. The van der Waals surface area contributed by atoms with E-state index in [2.05, 4.69) is 5.32 Å². The monoisotopic (exact) mass is 422 g/mol. The number of piperidine rings is 1. The summed E-state index contributed by atoms with van der Waals surface area (Å²) in [7, 11) is 0. The molecule has 0 aromatic heterocycles. The Balaban J connectivity index is 1.17. The molecule has 6 nitrogen and oxygen atoms in total. The lowest BCUT2D eigenvalue weighted by atomic mass is 9.88. The summed E-state index contributed by atoms with van der Waals surface area (Å²) in [6, 6.07) is 19.9. The maximum absolute atomic E-state index is 12.7. The number of ether oxygens (including phenoxy) is 2. The third kappa shape index (κ3) is 5.78. The van der Waals surface area contributed by atoms with Crippen LogP contribution in [-0.2, 0) is 22.7 Å². The molecule has 4 rings (SSSR count). The second kappa shape index (κ2) is 10.3. The van der Waals surface area contributed by atoms with Gasteiger partial charge in [0, 0.05) is 18.6 Å². The van der Waals surface area contributed by atoms with Gasteiger partial charge in [-0.05, 0) is 49.1 Å². The van der Waals surface area contributed by atoms with Crippen LogP contribution in [-0.4, -0.2) is 35.7 Å². The fourth-order valence-electron chi connectivity index (χ4n) is 4.77. The molecular formula is C25H30N2O4. The molecular weight excluding hydrogens is 392 g/mol. The second-order valence-corrected chi connectivity index (χ2v) is 8.45. The van der Waals surface area contributed by atoms with Gasteiger partial charge in [0.05, 0.1) is 0 Å². The number of nitrogens with zero attached hydrogens (tertiary/aromatic N) is 1. The van der Waals surface area contributed by atoms with E-state index >= 15 is 0 Å². The molecule has 6 heteroatoms. The van der Waals surface area contributed by atoms with E-state index in [-0.39, 0.29) is 30.9 Å². The molecule has 2 amide bonds. The Morgan fingerprint density at radius 2 is 1.39 bits per heavy atom. The first-order valence-electron chi connectivity index (χ1n) is 11.1. The first kappa shape index (κ1) is 21.2. The Morgan fingerprint density at radius 1 is 0.839 bits per heavy atom. The lowest BCUT2D eigenvalue weighted by Gasteiger charge is -2.38. The van der Waals surface area contributed by atoms with Gasteiger partial charge in [0.2, 0.25) is 0 Å². The van der Waals surface area contributed by atoms with Crippen LogP contribution < -0.4 is 5.32 Å². The Morgan fingerprint density at radius 3 is 1.97 bits per heavy atom. The van der Waals surface area contributed by atoms with Gasteiger partial charge in [-0.25, -0.2) is 9.59 Å². The number of hydrogen-bond acceptors (Lipinski definition) is 4. The topological polar surface area (TPSA) is 67.9 Å². The van der Waals surface area contributed by atoms with Gasteiger partial charge in [0.15, 0.2) is 0 Å². The lowest BCUT2D eigenvalue weighted by Crippen LogP contribution is -2.47. The number of carbonyl (C=O) groups excluding carboxylic acids is 2. The molecule has 2 fully saturated rings. The van der Waals surface area contributed by atoms with Crippen molar-refractivity contribution in [3.05, 3.63) is 71.8 Å². The third-order valence-electron chi connectivity index (χ3n) is 6.28. The van der Waals surface area contributed by atoms with E-state index in [1.165, 1.54) is 0 Å². The molecule has 2 aliphatic heterocycles. The summed E-state index contributed by atoms with van der Waals surface area (Å²) in [5.41, 5.74) is 1.98. The minimum absolute atomic E-state index is 0.197. The van der Waals surface area contributed by atoms with Gasteiger partial charge >= 0.3 is 12.2 Å². The Hall–Kier alpha value is -3.02. The van der Waals surface area contributed by atoms with Crippen molar-refractivity contribution in [2.75, 3.05) is 6.54 Å². The average Bonchev–Trinajstić information content (AvgIpc) is 3.08. The first-order valence-corrected chi connectivity index (χ1v) is 11.1. The Kier molecular flexibility index (Phi) is 7.07. The van der Waals surface area contributed by atoms with Crippen molar-refractivity contribution < 1.29 is 19.1 Å². The minimum atomic E-state index is -0.381. The first-order chi connectivity index (χ1) is 15.2. The molecule has 2 aliphatic rings. The predicted octanol–water partition coefficient (Wildman–Crippen LogP) is 4.88. The van der Waals surface area contributed by atoms with Crippen molar-refractivity contribution in [1.29, 1.82) is 0 Å². The van der Waals surface area contributed by atoms with Crippen molar-refractivity contribution >= 4 is 12.2 Å². The number of nitrogens with one attached hydrogen (secondary N) is 1. The van der Waals surface area contributed by atoms with Crippen LogP contribution in [0.4, 0.5) is 9.59 Å². The van der Waals surface area contributed by atoms with E-state index in [1.54, 1.807) is 0 Å². The molecule has 2 atom stereocenters. The molecule has 0 saturated carbocycles. The SMILES string of the molecule is O=C(NCCC1CC2CCC(C1)N2C(=O)OCc1ccccc1)OCc1ccccc1. The van der Waals surface area contributed by atoms with Gasteiger partial charge in [-0.1, -0.05) is 60.7 Å². The Bertz CT molecular complexity index is 844. The third-order valence-corrected chi connectivity index (χ3v) is 6.28. The van der Waals surface area contributed by atoms with Crippen molar-refractivity contribution in [3.8, 4) is 0 Å². The minimum Gasteiger partial charge on any atom is -0.445 e. The van der Waals surface area contributed by atoms with Crippen molar-refractivity contribution in [1.82, 2.24) is 10.2 Å². The quantitative estimate of drug-likeness (QED) is 0.690. The molecule has 31 heavy (non-hydrogen) atoms. The van der Waals surface area contributed by atoms with Crippen molar-refractivity contribution in [3.63, 3.8) is 0 Å². The van der Waals surface area contributed by atoms with Gasteiger partial charge < -0.3 is 19.7 Å². The summed E-state index contributed by atoms with van der Waals surface area (Å²) < 4.78 is 10.8. The zero-order valence-corrected chi connectivity index (χ0v) is 17.7. The molecule has 2 aromatic rings. The summed E-state index contributed by atoms with van der Waals surface area (Å²) in [6.45, 7) is 1.19. The smallest absolute Gasteiger partial charge is 0.410 e. The van der Waals surface area contributed by atoms with Gasteiger partial charge in [-0.2, -0.15) is 0 Å². The van der Waals surface area contributed by atoms with Gasteiger partial charge in [-0.15, -0.1) is 0 Å². The number of amides is 2. The van der Waals surface area contributed by atoms with Crippen LogP contribution in [0, 0.1) is 5.92 Å². The normalized spacial score (nSPS) is 22.1. The molecule has 0 radical (unpaired) electrons. The number of hydrogen-bond donors (Lipinski definition) is 1. The van der Waals surface area contributed by atoms with E-state index in [0.29, 0.717) is 19.1 Å². The molecule has 2 heterocycles. The number of benzene rings is 2. The highest BCUT2D eigenvalue weighted by Gasteiger charge is 2.43. The van der Waals surface area contributed by atoms with Crippen molar-refractivity contribution in [2.45, 2.75) is 57.4 Å². The van der Waals surface area contributed by atoms with Crippen LogP contribution in [0.3, 0.4) is 0 Å². The fraction of sp³-hybridized carbons (Fsp3) is 0.440. The van der Waals surface area contributed by atoms with Crippen molar-refractivity contribution in [2.24, 2.45) is 5.92 Å². The summed E-state index contributed by atoms with van der Waals surface area (Å²) in [5, 5.41) is 2.86. The van der Waals surface area contributed by atoms with Gasteiger partial charge in [-0.3, -0.25) is 0 Å². The van der Waals surface area contributed by atoms with Gasteiger partial charge in [0.1, 0.15) is 13.2 Å². The molecule has 2 saturated heterocycles. The van der Waals surface area contributed by atoms with E-state index in [4.69, 9.17) is 9.47 Å². The van der Waals surface area contributed by atoms with Crippen LogP contribution in [0.15, 0.2) is 60.7 Å². The van der Waals surface area contributed by atoms with Crippen LogP contribution >= 0.6 is 0 Å². The van der Waals surface area contributed by atoms with E-state index < -0.39 is 0 Å².